The molecular formula is C18H18ClFN2O3S. The van der Waals surface area contributed by atoms with E-state index in [0.29, 0.717) is 18.8 Å². The van der Waals surface area contributed by atoms with Gasteiger partial charge in [0.1, 0.15) is 5.82 Å². The van der Waals surface area contributed by atoms with Crippen molar-refractivity contribution in [3.8, 4) is 0 Å². The average Bonchev–Trinajstić information content (AvgIpc) is 3.16. The van der Waals surface area contributed by atoms with Crippen LogP contribution in [0, 0.1) is 5.82 Å². The highest BCUT2D eigenvalue weighted by atomic mass is 35.5. The van der Waals surface area contributed by atoms with Crippen molar-refractivity contribution in [2.75, 3.05) is 24.4 Å². The molecule has 0 aromatic heterocycles. The van der Waals surface area contributed by atoms with Crippen molar-refractivity contribution >= 4 is 33.2 Å². The molecule has 1 saturated heterocycles. The Morgan fingerprint density at radius 3 is 2.35 bits per heavy atom. The number of benzene rings is 2. The summed E-state index contributed by atoms with van der Waals surface area (Å²) in [7, 11) is -2.55. The summed E-state index contributed by atoms with van der Waals surface area (Å²) in [6.07, 6.45) is 1.85. The molecule has 1 fully saturated rings. The number of carbonyl (C=O) groups is 1. The lowest BCUT2D eigenvalue weighted by Gasteiger charge is -2.21. The summed E-state index contributed by atoms with van der Waals surface area (Å²) in [5.41, 5.74) is 0.482. The van der Waals surface area contributed by atoms with Crippen molar-refractivity contribution in [1.82, 2.24) is 4.90 Å². The zero-order valence-corrected chi connectivity index (χ0v) is 15.7. The number of hydrogen-bond donors (Lipinski definition) is 0. The van der Waals surface area contributed by atoms with E-state index in [1.807, 2.05) is 0 Å². The minimum Gasteiger partial charge on any atom is -0.339 e. The molecule has 5 nitrogen and oxygen atoms in total. The van der Waals surface area contributed by atoms with Crippen molar-refractivity contribution in [3.05, 3.63) is 58.9 Å². The van der Waals surface area contributed by atoms with Crippen LogP contribution in [0.5, 0.6) is 0 Å². The van der Waals surface area contributed by atoms with E-state index in [9.17, 15) is 17.6 Å². The Morgan fingerprint density at radius 1 is 1.12 bits per heavy atom. The van der Waals surface area contributed by atoms with Gasteiger partial charge in [-0.05, 0) is 55.3 Å². The quantitative estimate of drug-likeness (QED) is 0.794. The van der Waals surface area contributed by atoms with Gasteiger partial charge in [-0.3, -0.25) is 9.10 Å². The summed E-state index contributed by atoms with van der Waals surface area (Å²) < 4.78 is 39.9. The molecule has 0 unspecified atom stereocenters. The third kappa shape index (κ3) is 3.54. The van der Waals surface area contributed by atoms with Crippen molar-refractivity contribution < 1.29 is 17.6 Å². The van der Waals surface area contributed by atoms with E-state index in [0.717, 1.165) is 17.1 Å². The Labute approximate surface area is 157 Å². The van der Waals surface area contributed by atoms with E-state index >= 15 is 0 Å². The van der Waals surface area contributed by atoms with E-state index in [4.69, 9.17) is 11.6 Å². The molecular weight excluding hydrogens is 379 g/mol. The summed E-state index contributed by atoms with van der Waals surface area (Å²) >= 11 is 6.14. The Morgan fingerprint density at radius 2 is 1.73 bits per heavy atom. The number of carbonyl (C=O) groups excluding carboxylic acids is 1. The van der Waals surface area contributed by atoms with Crippen LogP contribution in [0.25, 0.3) is 0 Å². The first-order valence-electron chi connectivity index (χ1n) is 8.14. The highest BCUT2D eigenvalue weighted by molar-refractivity contribution is 7.92. The van der Waals surface area contributed by atoms with Crippen LogP contribution in [0.2, 0.25) is 5.02 Å². The van der Waals surface area contributed by atoms with E-state index in [1.54, 1.807) is 4.90 Å². The Balaban J connectivity index is 1.96. The minimum atomic E-state index is -3.92. The predicted molar refractivity (Wildman–Crippen MR) is 98.6 cm³/mol. The number of rotatable bonds is 4. The molecule has 2 aromatic rings. The van der Waals surface area contributed by atoms with E-state index in [-0.39, 0.29) is 21.4 Å². The van der Waals surface area contributed by atoms with Crippen LogP contribution in [-0.4, -0.2) is 39.4 Å². The maximum absolute atomic E-state index is 13.1. The second-order valence-electron chi connectivity index (χ2n) is 6.09. The molecule has 1 heterocycles. The molecule has 0 atom stereocenters. The minimum absolute atomic E-state index is 0.0451. The molecule has 0 aliphatic carbocycles. The van der Waals surface area contributed by atoms with Crippen LogP contribution in [0.3, 0.4) is 0 Å². The first-order valence-corrected chi connectivity index (χ1v) is 9.96. The summed E-state index contributed by atoms with van der Waals surface area (Å²) in [6.45, 7) is 1.28. The Bertz CT molecular complexity index is 926. The fourth-order valence-corrected chi connectivity index (χ4v) is 4.29. The molecule has 26 heavy (non-hydrogen) atoms. The molecule has 0 spiro atoms. The number of hydrogen-bond acceptors (Lipinski definition) is 3. The normalized spacial score (nSPS) is 14.5. The number of halogens is 2. The first-order chi connectivity index (χ1) is 12.3. The molecule has 0 N–H and O–H groups in total. The zero-order valence-electron chi connectivity index (χ0n) is 14.2. The van der Waals surface area contributed by atoms with E-state index in [1.165, 1.54) is 49.5 Å². The average molecular weight is 397 g/mol. The van der Waals surface area contributed by atoms with Crippen molar-refractivity contribution in [2.24, 2.45) is 0 Å². The van der Waals surface area contributed by atoms with Gasteiger partial charge in [0.25, 0.3) is 15.9 Å². The van der Waals surface area contributed by atoms with Crippen LogP contribution in [0.4, 0.5) is 10.1 Å². The van der Waals surface area contributed by atoms with Crippen LogP contribution >= 0.6 is 11.6 Å². The Kier molecular flexibility index (Phi) is 5.20. The SMILES string of the molecule is CN(c1ccc(F)cc1)S(=O)(=O)c1ccc(Cl)c(C(=O)N2CCCC2)c1. The molecule has 1 aliphatic heterocycles. The highest BCUT2D eigenvalue weighted by Gasteiger charge is 2.26. The number of anilines is 1. The Hall–Kier alpha value is -2.12. The fourth-order valence-electron chi connectivity index (χ4n) is 2.87. The largest absolute Gasteiger partial charge is 0.339 e. The summed E-state index contributed by atoms with van der Waals surface area (Å²) in [5, 5.41) is 0.213. The van der Waals surface area contributed by atoms with E-state index in [2.05, 4.69) is 0 Å². The lowest BCUT2D eigenvalue weighted by molar-refractivity contribution is 0.0792. The summed E-state index contributed by atoms with van der Waals surface area (Å²) in [6, 6.07) is 9.20. The standard InChI is InChI=1S/C18H18ClFN2O3S/c1-21(14-6-4-13(20)5-7-14)26(24,25)15-8-9-17(19)16(12-15)18(23)22-10-2-3-11-22/h4-9,12H,2-3,10-11H2,1H3. The zero-order chi connectivity index (χ0) is 18.9. The third-order valence-electron chi connectivity index (χ3n) is 4.41. The van der Waals surface area contributed by atoms with Crippen molar-refractivity contribution in [2.45, 2.75) is 17.7 Å². The van der Waals surface area contributed by atoms with Gasteiger partial charge in [-0.25, -0.2) is 12.8 Å². The van der Waals surface area contributed by atoms with Gasteiger partial charge in [0.15, 0.2) is 0 Å². The molecule has 3 rings (SSSR count). The number of amides is 1. The molecule has 138 valence electrons. The molecule has 2 aromatic carbocycles. The lowest BCUT2D eigenvalue weighted by Crippen LogP contribution is -2.29. The predicted octanol–water partition coefficient (Wildman–Crippen LogP) is 3.54. The van der Waals surface area contributed by atoms with Crippen LogP contribution in [0.1, 0.15) is 23.2 Å². The van der Waals surface area contributed by atoms with Gasteiger partial charge in [0.2, 0.25) is 0 Å². The number of likely N-dealkylation sites (tertiary alicyclic amines) is 1. The van der Waals surface area contributed by atoms with Gasteiger partial charge in [-0.15, -0.1) is 0 Å². The number of sulfonamides is 1. The van der Waals surface area contributed by atoms with Gasteiger partial charge < -0.3 is 4.90 Å². The highest BCUT2D eigenvalue weighted by Crippen LogP contribution is 2.27. The molecule has 8 heteroatoms. The summed E-state index contributed by atoms with van der Waals surface area (Å²) in [5.74, 6) is -0.724. The van der Waals surface area contributed by atoms with Crippen LogP contribution < -0.4 is 4.31 Å². The van der Waals surface area contributed by atoms with Gasteiger partial charge in [-0.1, -0.05) is 11.6 Å². The molecule has 1 aliphatic rings. The second kappa shape index (κ2) is 7.25. The molecule has 0 radical (unpaired) electrons. The lowest BCUT2D eigenvalue weighted by atomic mass is 10.2. The van der Waals surface area contributed by atoms with Gasteiger partial charge in [-0.2, -0.15) is 0 Å². The van der Waals surface area contributed by atoms with Gasteiger partial charge >= 0.3 is 0 Å². The monoisotopic (exact) mass is 396 g/mol. The third-order valence-corrected chi connectivity index (χ3v) is 6.52. The topological polar surface area (TPSA) is 57.7 Å². The number of nitrogens with zero attached hydrogens (tertiary/aromatic N) is 2. The fraction of sp³-hybridized carbons (Fsp3) is 0.278. The van der Waals surface area contributed by atoms with E-state index < -0.39 is 15.8 Å². The van der Waals surface area contributed by atoms with Crippen LogP contribution in [0.15, 0.2) is 47.4 Å². The maximum Gasteiger partial charge on any atom is 0.264 e. The van der Waals surface area contributed by atoms with Gasteiger partial charge in [0, 0.05) is 20.1 Å². The smallest absolute Gasteiger partial charge is 0.264 e. The molecule has 1 amide bonds. The first kappa shape index (κ1) is 18.7. The van der Waals surface area contributed by atoms with Crippen molar-refractivity contribution in [1.29, 1.82) is 0 Å². The molecule has 0 bridgehead atoms. The summed E-state index contributed by atoms with van der Waals surface area (Å²) in [4.78, 5) is 14.2. The van der Waals surface area contributed by atoms with Crippen LogP contribution in [-0.2, 0) is 10.0 Å². The second-order valence-corrected chi connectivity index (χ2v) is 8.47. The maximum atomic E-state index is 13.1. The molecule has 0 saturated carbocycles. The van der Waals surface area contributed by atoms with Gasteiger partial charge in [0.05, 0.1) is 21.2 Å². The van der Waals surface area contributed by atoms with Crippen molar-refractivity contribution in [3.63, 3.8) is 0 Å².